The summed E-state index contributed by atoms with van der Waals surface area (Å²) in [5.41, 5.74) is 0.972. The van der Waals surface area contributed by atoms with Crippen LogP contribution in [0.25, 0.3) is 0 Å². The number of nitro benzene ring substituents is 1. The van der Waals surface area contributed by atoms with E-state index in [0.717, 1.165) is 0 Å². The summed E-state index contributed by atoms with van der Waals surface area (Å²) in [5, 5.41) is 13.5. The van der Waals surface area contributed by atoms with Crippen molar-refractivity contribution in [3.8, 4) is 11.5 Å². The van der Waals surface area contributed by atoms with Gasteiger partial charge in [-0.1, -0.05) is 12.1 Å². The molecule has 29 heavy (non-hydrogen) atoms. The van der Waals surface area contributed by atoms with E-state index in [2.05, 4.69) is 5.32 Å². The first-order chi connectivity index (χ1) is 14.0. The molecule has 0 bridgehead atoms. The molecule has 1 aliphatic rings. The average Bonchev–Trinajstić information content (AvgIpc) is 2.75. The molecule has 0 spiro atoms. The molecule has 0 aromatic heterocycles. The molecule has 1 amide bonds. The molecule has 10 nitrogen and oxygen atoms in total. The summed E-state index contributed by atoms with van der Waals surface area (Å²) >= 11 is 0. The van der Waals surface area contributed by atoms with E-state index < -0.39 is 16.8 Å². The van der Waals surface area contributed by atoms with Crippen LogP contribution in [0.15, 0.2) is 36.4 Å². The van der Waals surface area contributed by atoms with Crippen LogP contribution in [0.5, 0.6) is 11.5 Å². The highest BCUT2D eigenvalue weighted by Gasteiger charge is 2.22. The first-order valence-electron chi connectivity index (χ1n) is 8.57. The van der Waals surface area contributed by atoms with Crippen molar-refractivity contribution >= 4 is 17.6 Å². The Labute approximate surface area is 165 Å². The zero-order chi connectivity index (χ0) is 20.8. The number of carbonyl (C=O) groups is 2. The van der Waals surface area contributed by atoms with Crippen molar-refractivity contribution in [2.24, 2.45) is 0 Å². The third-order valence-electron chi connectivity index (χ3n) is 4.12. The number of amides is 1. The van der Waals surface area contributed by atoms with Crippen molar-refractivity contribution in [2.45, 2.75) is 13.2 Å². The van der Waals surface area contributed by atoms with Gasteiger partial charge in [-0.05, 0) is 12.1 Å². The topological polar surface area (TPSA) is 126 Å². The number of benzene rings is 2. The minimum atomic E-state index is -0.708. The number of non-ortho nitro benzene ring substituents is 1. The summed E-state index contributed by atoms with van der Waals surface area (Å²) < 4.78 is 20.8. The molecule has 10 heteroatoms. The minimum Gasteiger partial charge on any atom is -0.496 e. The van der Waals surface area contributed by atoms with Gasteiger partial charge in [0.15, 0.2) is 6.79 Å². The highest BCUT2D eigenvalue weighted by atomic mass is 16.7. The Morgan fingerprint density at radius 1 is 1.28 bits per heavy atom. The summed E-state index contributed by atoms with van der Waals surface area (Å²) in [5.74, 6) is -0.429. The smallest absolute Gasteiger partial charge is 0.325 e. The van der Waals surface area contributed by atoms with Gasteiger partial charge in [0.1, 0.15) is 24.7 Å². The van der Waals surface area contributed by atoms with Gasteiger partial charge in [0.05, 0.1) is 24.2 Å². The van der Waals surface area contributed by atoms with Crippen molar-refractivity contribution < 1.29 is 33.5 Å². The molecule has 3 rings (SSSR count). The number of fused-ring (bicyclic) bond motifs is 1. The van der Waals surface area contributed by atoms with Crippen LogP contribution in [0.1, 0.15) is 21.5 Å². The predicted octanol–water partition coefficient (Wildman–Crippen LogP) is 1.94. The van der Waals surface area contributed by atoms with Crippen LogP contribution in [0, 0.1) is 10.1 Å². The number of carbonyl (C=O) groups excluding carboxylic acids is 2. The Bertz CT molecular complexity index is 944. The number of methoxy groups -OCH3 is 1. The fourth-order valence-corrected chi connectivity index (χ4v) is 2.78. The van der Waals surface area contributed by atoms with Gasteiger partial charge in [-0.2, -0.15) is 0 Å². The van der Waals surface area contributed by atoms with E-state index in [0.29, 0.717) is 22.6 Å². The minimum absolute atomic E-state index is 0.000718. The number of nitrogens with zero attached hydrogens (tertiary/aromatic N) is 1. The van der Waals surface area contributed by atoms with Crippen molar-refractivity contribution in [2.75, 3.05) is 20.4 Å². The quantitative estimate of drug-likeness (QED) is 0.423. The summed E-state index contributed by atoms with van der Waals surface area (Å²) in [6.45, 7) is -0.459. The molecule has 2 aromatic rings. The molecular formula is C19H18N2O8. The molecule has 0 saturated carbocycles. The molecule has 0 aliphatic carbocycles. The molecule has 0 unspecified atom stereocenters. The molecule has 0 atom stereocenters. The van der Waals surface area contributed by atoms with Crippen LogP contribution >= 0.6 is 0 Å². The number of nitrogens with one attached hydrogen (secondary N) is 1. The van der Waals surface area contributed by atoms with Gasteiger partial charge in [-0.3, -0.25) is 19.7 Å². The van der Waals surface area contributed by atoms with Crippen molar-refractivity contribution in [3.63, 3.8) is 0 Å². The van der Waals surface area contributed by atoms with E-state index in [4.69, 9.17) is 18.9 Å². The van der Waals surface area contributed by atoms with E-state index in [1.165, 1.54) is 19.2 Å². The maximum Gasteiger partial charge on any atom is 0.325 e. The molecule has 152 valence electrons. The lowest BCUT2D eigenvalue weighted by atomic mass is 10.1. The fourth-order valence-electron chi connectivity index (χ4n) is 2.78. The van der Waals surface area contributed by atoms with Crippen LogP contribution in [-0.4, -0.2) is 37.2 Å². The molecule has 1 heterocycles. The number of para-hydroxylation sites is 1. The van der Waals surface area contributed by atoms with Gasteiger partial charge >= 0.3 is 5.97 Å². The average molecular weight is 402 g/mol. The molecule has 1 N–H and O–H groups in total. The lowest BCUT2D eigenvalue weighted by Crippen LogP contribution is -2.30. The number of esters is 1. The van der Waals surface area contributed by atoms with E-state index >= 15 is 0 Å². The van der Waals surface area contributed by atoms with Crippen LogP contribution in [0.4, 0.5) is 5.69 Å². The van der Waals surface area contributed by atoms with Crippen LogP contribution in [0.3, 0.4) is 0 Å². The van der Waals surface area contributed by atoms with Gasteiger partial charge in [-0.15, -0.1) is 0 Å². The molecule has 0 saturated heterocycles. The third-order valence-corrected chi connectivity index (χ3v) is 4.12. The van der Waals surface area contributed by atoms with E-state index in [1.807, 2.05) is 0 Å². The number of hydrogen-bond acceptors (Lipinski definition) is 8. The number of hydrogen-bond donors (Lipinski definition) is 1. The molecule has 1 aliphatic heterocycles. The highest BCUT2D eigenvalue weighted by molar-refractivity contribution is 5.98. The third kappa shape index (κ3) is 4.79. The van der Waals surface area contributed by atoms with E-state index in [-0.39, 0.29) is 37.8 Å². The molecular weight excluding hydrogens is 384 g/mol. The van der Waals surface area contributed by atoms with Gasteiger partial charge in [0, 0.05) is 23.3 Å². The van der Waals surface area contributed by atoms with Crippen LogP contribution in [0.2, 0.25) is 0 Å². The maximum absolute atomic E-state index is 12.2. The summed E-state index contributed by atoms with van der Waals surface area (Å²) in [6.07, 6.45) is 0. The summed E-state index contributed by atoms with van der Waals surface area (Å²) in [7, 11) is 1.44. The Morgan fingerprint density at radius 3 is 2.83 bits per heavy atom. The molecule has 0 radical (unpaired) electrons. The number of rotatable bonds is 7. The second kappa shape index (κ2) is 9.02. The van der Waals surface area contributed by atoms with Gasteiger partial charge in [0.2, 0.25) is 0 Å². The standard InChI is InChI=1S/C19H18N2O8/c1-26-16-5-3-2-4-15(16)19(23)20-8-17(22)28-10-13-7-14(21(24)25)6-12-9-27-11-29-18(12)13/h2-7H,8-11H2,1H3,(H,20,23). The van der Waals surface area contributed by atoms with Crippen molar-refractivity contribution in [1.29, 1.82) is 0 Å². The normalized spacial score (nSPS) is 12.3. The van der Waals surface area contributed by atoms with Gasteiger partial charge in [0.25, 0.3) is 11.6 Å². The Morgan fingerprint density at radius 2 is 2.07 bits per heavy atom. The highest BCUT2D eigenvalue weighted by Crippen LogP contribution is 2.33. The molecule has 2 aromatic carbocycles. The van der Waals surface area contributed by atoms with Crippen LogP contribution in [-0.2, 0) is 27.5 Å². The molecule has 0 fully saturated rings. The predicted molar refractivity (Wildman–Crippen MR) is 98.5 cm³/mol. The van der Waals surface area contributed by atoms with Crippen LogP contribution < -0.4 is 14.8 Å². The largest absolute Gasteiger partial charge is 0.496 e. The Kier molecular flexibility index (Phi) is 6.25. The monoisotopic (exact) mass is 402 g/mol. The second-order valence-corrected chi connectivity index (χ2v) is 6.00. The van der Waals surface area contributed by atoms with Crippen molar-refractivity contribution in [3.05, 3.63) is 63.2 Å². The summed E-state index contributed by atoms with van der Waals surface area (Å²) in [6, 6.07) is 9.22. The van der Waals surface area contributed by atoms with Gasteiger partial charge < -0.3 is 24.3 Å². The van der Waals surface area contributed by atoms with Gasteiger partial charge in [-0.25, -0.2) is 0 Å². The van der Waals surface area contributed by atoms with Crippen molar-refractivity contribution in [1.82, 2.24) is 5.32 Å². The Hall–Kier alpha value is -3.66. The zero-order valence-electron chi connectivity index (χ0n) is 15.5. The lowest BCUT2D eigenvalue weighted by Gasteiger charge is -2.20. The van der Waals surface area contributed by atoms with E-state index in [9.17, 15) is 19.7 Å². The van der Waals surface area contributed by atoms with E-state index in [1.54, 1.807) is 24.3 Å². The fraction of sp³-hybridized carbons (Fsp3) is 0.263. The number of nitro groups is 1. The Balaban J connectivity index is 1.61. The first kappa shape index (κ1) is 20.1. The second-order valence-electron chi connectivity index (χ2n) is 6.00. The maximum atomic E-state index is 12.2. The first-order valence-corrected chi connectivity index (χ1v) is 8.57. The lowest BCUT2D eigenvalue weighted by molar-refractivity contribution is -0.385. The number of ether oxygens (including phenoxy) is 4. The SMILES string of the molecule is COc1ccccc1C(=O)NCC(=O)OCc1cc([N+](=O)[O-])cc2c1OCOC2. The zero-order valence-corrected chi connectivity index (χ0v) is 15.5. The summed E-state index contributed by atoms with van der Waals surface area (Å²) in [4.78, 5) is 34.8.